The van der Waals surface area contributed by atoms with Gasteiger partial charge < -0.3 is 4.90 Å². The average Bonchev–Trinajstić information content (AvgIpc) is 2.76. The summed E-state index contributed by atoms with van der Waals surface area (Å²) in [5.41, 5.74) is 0. The minimum atomic E-state index is 0.00634. The molecule has 3 unspecified atom stereocenters. The first-order valence-corrected chi connectivity index (χ1v) is 7.12. The van der Waals surface area contributed by atoms with Crippen molar-refractivity contribution in [3.63, 3.8) is 0 Å². The molecule has 0 spiro atoms. The average molecular weight is 278 g/mol. The number of hydrogen-bond acceptors (Lipinski definition) is 2. The second kappa shape index (κ2) is 4.05. The molecule has 2 nitrogen and oxygen atoms in total. The molecule has 2 aliphatic rings. The quantitative estimate of drug-likeness (QED) is 0.721. The molecule has 2 saturated heterocycles. The Kier molecular flexibility index (Phi) is 3.12. The molecule has 2 fully saturated rings. The number of halogens is 1. The lowest BCUT2D eigenvalue weighted by molar-refractivity contribution is -0.131. The fraction of sp³-hybridized carbons (Fsp3) is 0.900. The zero-order valence-corrected chi connectivity index (χ0v) is 11.0. The summed E-state index contributed by atoms with van der Waals surface area (Å²) in [5.74, 6) is 1.83. The van der Waals surface area contributed by atoms with Crippen LogP contribution in [-0.2, 0) is 4.79 Å². The molecular formula is C10H16BrNOS. The number of amides is 1. The van der Waals surface area contributed by atoms with Crippen LogP contribution in [0.3, 0.4) is 0 Å². The summed E-state index contributed by atoms with van der Waals surface area (Å²) >= 11 is 5.52. The zero-order valence-electron chi connectivity index (χ0n) is 8.57. The van der Waals surface area contributed by atoms with Crippen molar-refractivity contribution in [1.82, 2.24) is 4.90 Å². The summed E-state index contributed by atoms with van der Waals surface area (Å²) in [6.45, 7) is 5.14. The summed E-state index contributed by atoms with van der Waals surface area (Å²) in [6, 6.07) is 0.524. The van der Waals surface area contributed by atoms with Crippen molar-refractivity contribution >= 4 is 33.6 Å². The number of rotatable bonds is 2. The van der Waals surface area contributed by atoms with Gasteiger partial charge in [0, 0.05) is 23.6 Å². The first-order chi connectivity index (χ1) is 6.59. The fourth-order valence-corrected chi connectivity index (χ4v) is 3.81. The third kappa shape index (κ3) is 1.83. The molecular weight excluding hydrogens is 262 g/mol. The van der Waals surface area contributed by atoms with Crippen molar-refractivity contribution in [3.05, 3.63) is 0 Å². The minimum absolute atomic E-state index is 0.00634. The number of nitrogens with zero attached hydrogens (tertiary/aromatic N) is 1. The Morgan fingerprint density at radius 3 is 2.71 bits per heavy atom. The van der Waals surface area contributed by atoms with E-state index in [1.54, 1.807) is 0 Å². The van der Waals surface area contributed by atoms with Gasteiger partial charge in [-0.2, -0.15) is 11.8 Å². The van der Waals surface area contributed by atoms with E-state index in [1.807, 2.05) is 11.8 Å². The van der Waals surface area contributed by atoms with E-state index in [9.17, 15) is 4.79 Å². The van der Waals surface area contributed by atoms with E-state index >= 15 is 0 Å². The van der Waals surface area contributed by atoms with Crippen LogP contribution in [0.5, 0.6) is 0 Å². The molecule has 0 N–H and O–H groups in total. The van der Waals surface area contributed by atoms with Crippen molar-refractivity contribution in [3.8, 4) is 0 Å². The molecule has 4 heteroatoms. The molecule has 2 heterocycles. The maximum absolute atomic E-state index is 12.0. The minimum Gasteiger partial charge on any atom is -0.337 e. The highest BCUT2D eigenvalue weighted by molar-refractivity contribution is 9.10. The predicted octanol–water partition coefficient (Wildman–Crippen LogP) is 2.12. The van der Waals surface area contributed by atoms with Crippen LogP contribution in [0.15, 0.2) is 0 Å². The number of alkyl halides is 1. The lowest BCUT2D eigenvalue weighted by atomic mass is 10.1. The second-order valence-corrected chi connectivity index (χ2v) is 6.80. The van der Waals surface area contributed by atoms with Crippen molar-refractivity contribution in [1.29, 1.82) is 0 Å². The van der Waals surface area contributed by atoms with Gasteiger partial charge in [-0.1, -0.05) is 29.8 Å². The Hall–Kier alpha value is 0.300. The lowest BCUT2D eigenvalue weighted by Gasteiger charge is -2.29. The van der Waals surface area contributed by atoms with E-state index in [0.717, 1.165) is 17.5 Å². The van der Waals surface area contributed by atoms with E-state index < -0.39 is 0 Å². The van der Waals surface area contributed by atoms with Gasteiger partial charge in [0.15, 0.2) is 0 Å². The highest BCUT2D eigenvalue weighted by Gasteiger charge is 2.42. The molecule has 2 aliphatic heterocycles. The van der Waals surface area contributed by atoms with Gasteiger partial charge in [-0.15, -0.1) is 0 Å². The van der Waals surface area contributed by atoms with Crippen LogP contribution in [0.1, 0.15) is 20.3 Å². The van der Waals surface area contributed by atoms with Gasteiger partial charge in [-0.3, -0.25) is 4.79 Å². The maximum Gasteiger partial charge on any atom is 0.236 e. The Balaban J connectivity index is 1.99. The van der Waals surface area contributed by atoms with Gasteiger partial charge in [0.2, 0.25) is 5.91 Å². The normalized spacial score (nSPS) is 32.7. The molecule has 0 aromatic rings. The molecule has 0 aromatic carbocycles. The largest absolute Gasteiger partial charge is 0.337 e. The topological polar surface area (TPSA) is 20.3 Å². The van der Waals surface area contributed by atoms with Gasteiger partial charge in [0.1, 0.15) is 0 Å². The van der Waals surface area contributed by atoms with Gasteiger partial charge in [0.25, 0.3) is 0 Å². The van der Waals surface area contributed by atoms with Crippen molar-refractivity contribution < 1.29 is 4.79 Å². The Bertz CT molecular complexity index is 246. The molecule has 1 amide bonds. The van der Waals surface area contributed by atoms with Crippen LogP contribution in [0.4, 0.5) is 0 Å². The SMILES string of the molecule is CC(C)C(Br)C(=O)N1CC2CC1CS2. The highest BCUT2D eigenvalue weighted by atomic mass is 79.9. The van der Waals surface area contributed by atoms with E-state index in [2.05, 4.69) is 34.7 Å². The van der Waals surface area contributed by atoms with Crippen molar-refractivity contribution in [2.24, 2.45) is 5.92 Å². The second-order valence-electron chi connectivity index (χ2n) is 4.48. The first kappa shape index (κ1) is 10.8. The van der Waals surface area contributed by atoms with Crippen LogP contribution in [0.25, 0.3) is 0 Å². The molecule has 0 aromatic heterocycles. The summed E-state index contributed by atoms with van der Waals surface area (Å²) in [7, 11) is 0. The van der Waals surface area contributed by atoms with Crippen LogP contribution in [-0.4, -0.2) is 39.2 Å². The summed E-state index contributed by atoms with van der Waals surface area (Å²) in [4.78, 5) is 14.1. The van der Waals surface area contributed by atoms with E-state index in [-0.39, 0.29) is 4.83 Å². The van der Waals surface area contributed by atoms with Gasteiger partial charge in [-0.05, 0) is 12.3 Å². The third-order valence-corrected chi connectivity index (χ3v) is 5.84. The van der Waals surface area contributed by atoms with Crippen molar-refractivity contribution in [2.45, 2.75) is 36.4 Å². The first-order valence-electron chi connectivity index (χ1n) is 5.15. The molecule has 2 rings (SSSR count). The van der Waals surface area contributed by atoms with Gasteiger partial charge >= 0.3 is 0 Å². The standard InChI is InChI=1S/C10H16BrNOS/c1-6(2)9(11)10(13)12-4-8-3-7(12)5-14-8/h6-9H,3-5H2,1-2H3. The maximum atomic E-state index is 12.0. The number of carbonyl (C=O) groups excluding carboxylic acids is 1. The number of likely N-dealkylation sites (tertiary alicyclic amines) is 1. The molecule has 14 heavy (non-hydrogen) atoms. The number of carbonyl (C=O) groups is 1. The number of hydrogen-bond donors (Lipinski definition) is 0. The number of thioether (sulfide) groups is 1. The molecule has 80 valence electrons. The van der Waals surface area contributed by atoms with E-state index in [4.69, 9.17) is 0 Å². The molecule has 0 aliphatic carbocycles. The van der Waals surface area contributed by atoms with E-state index in [1.165, 1.54) is 6.42 Å². The monoisotopic (exact) mass is 277 g/mol. The highest BCUT2D eigenvalue weighted by Crippen LogP contribution is 2.38. The Morgan fingerprint density at radius 1 is 1.57 bits per heavy atom. The Morgan fingerprint density at radius 2 is 2.29 bits per heavy atom. The van der Waals surface area contributed by atoms with Crippen LogP contribution < -0.4 is 0 Å². The Labute approximate surface area is 97.9 Å². The smallest absolute Gasteiger partial charge is 0.236 e. The molecule has 3 atom stereocenters. The third-order valence-electron chi connectivity index (χ3n) is 3.00. The molecule has 0 saturated carbocycles. The van der Waals surface area contributed by atoms with Gasteiger partial charge in [0.05, 0.1) is 4.83 Å². The fourth-order valence-electron chi connectivity index (χ4n) is 2.11. The summed E-state index contributed by atoms with van der Waals surface area (Å²) < 4.78 is 0. The van der Waals surface area contributed by atoms with Crippen LogP contribution >= 0.6 is 27.7 Å². The van der Waals surface area contributed by atoms with Gasteiger partial charge in [-0.25, -0.2) is 0 Å². The van der Waals surface area contributed by atoms with Crippen molar-refractivity contribution in [2.75, 3.05) is 12.3 Å². The lowest BCUT2D eigenvalue weighted by Crippen LogP contribution is -2.44. The predicted molar refractivity (Wildman–Crippen MR) is 63.9 cm³/mol. The molecule has 2 bridgehead atoms. The van der Waals surface area contributed by atoms with E-state index in [0.29, 0.717) is 17.9 Å². The van der Waals surface area contributed by atoms with Crippen LogP contribution in [0, 0.1) is 5.92 Å². The number of fused-ring (bicyclic) bond motifs is 2. The summed E-state index contributed by atoms with van der Waals surface area (Å²) in [5, 5.41) is 0.718. The zero-order chi connectivity index (χ0) is 10.3. The molecule has 0 radical (unpaired) electrons. The summed E-state index contributed by atoms with van der Waals surface area (Å²) in [6.07, 6.45) is 1.22. The van der Waals surface area contributed by atoms with Crippen LogP contribution in [0.2, 0.25) is 0 Å².